The summed E-state index contributed by atoms with van der Waals surface area (Å²) in [4.78, 5) is 10.5. The number of carboxylic acid groups (broad SMARTS) is 1. The average Bonchev–Trinajstić information content (AvgIpc) is 2.16. The topological polar surface area (TPSA) is 40.1 Å². The zero-order valence-corrected chi connectivity index (χ0v) is 8.75. The fourth-order valence-corrected chi connectivity index (χ4v) is 1.99. The van der Waals surface area contributed by atoms with Crippen LogP contribution in [-0.4, -0.2) is 5.97 Å². The van der Waals surface area contributed by atoms with Gasteiger partial charge in [-0.15, -0.1) is 0 Å². The highest BCUT2D eigenvalue weighted by Gasteiger charge is 2.10. The van der Waals surface area contributed by atoms with Gasteiger partial charge in [-0.1, -0.05) is 35.4 Å². The lowest BCUT2D eigenvalue weighted by atomic mass is 9.90. The minimum atomic E-state index is -0.989. The molecule has 2 nitrogen and oxygen atoms in total. The smallest absolute Gasteiger partial charge is 0.0454 e. The number of hydrogen-bond donors (Lipinski definition) is 0. The second kappa shape index (κ2) is 3.89. The zero-order valence-electron chi connectivity index (χ0n) is 8.75. The molecule has 0 fully saturated rings. The third-order valence-electron chi connectivity index (χ3n) is 2.75. The van der Waals surface area contributed by atoms with E-state index >= 15 is 0 Å². The van der Waals surface area contributed by atoms with Crippen LogP contribution in [0, 0.1) is 6.92 Å². The van der Waals surface area contributed by atoms with Crippen molar-refractivity contribution in [3.05, 3.63) is 40.5 Å². The molecule has 2 heteroatoms. The van der Waals surface area contributed by atoms with Gasteiger partial charge < -0.3 is 9.90 Å². The van der Waals surface area contributed by atoms with E-state index in [2.05, 4.69) is 18.2 Å². The number of carbonyl (C=O) groups is 1. The van der Waals surface area contributed by atoms with Crippen molar-refractivity contribution in [3.63, 3.8) is 0 Å². The lowest BCUT2D eigenvalue weighted by molar-refractivity contribution is -0.304. The fourth-order valence-electron chi connectivity index (χ4n) is 1.99. The highest BCUT2D eigenvalue weighted by atomic mass is 16.4. The van der Waals surface area contributed by atoms with E-state index in [0.29, 0.717) is 0 Å². The highest BCUT2D eigenvalue weighted by Crippen LogP contribution is 2.26. The summed E-state index contributed by atoms with van der Waals surface area (Å²) in [6.45, 7) is 2.04. The number of benzene rings is 1. The number of carbonyl (C=O) groups excluding carboxylic acids is 1. The summed E-state index contributed by atoms with van der Waals surface area (Å²) in [5.41, 5.74) is 4.65. The van der Waals surface area contributed by atoms with Crippen molar-refractivity contribution in [3.8, 4) is 0 Å². The normalized spacial score (nSPS) is 14.3. The fraction of sp³-hybridized carbons (Fsp3) is 0.308. The number of aliphatic carboxylic acids is 1. The van der Waals surface area contributed by atoms with Crippen LogP contribution in [-0.2, 0) is 11.2 Å². The predicted molar refractivity (Wildman–Crippen MR) is 57.1 cm³/mol. The van der Waals surface area contributed by atoms with Gasteiger partial charge in [0.05, 0.1) is 0 Å². The molecule has 0 saturated carbocycles. The number of carboxylic acids is 1. The molecule has 0 saturated heterocycles. The van der Waals surface area contributed by atoms with E-state index < -0.39 is 5.97 Å². The van der Waals surface area contributed by atoms with Crippen molar-refractivity contribution in [2.75, 3.05) is 0 Å². The van der Waals surface area contributed by atoms with Crippen molar-refractivity contribution < 1.29 is 9.90 Å². The van der Waals surface area contributed by atoms with Crippen molar-refractivity contribution in [1.82, 2.24) is 0 Å². The molecule has 0 atom stereocenters. The molecular weight excluding hydrogens is 188 g/mol. The minimum Gasteiger partial charge on any atom is -0.550 e. The Morgan fingerprint density at radius 2 is 2.20 bits per heavy atom. The van der Waals surface area contributed by atoms with Crippen LogP contribution >= 0.6 is 0 Å². The summed E-state index contributed by atoms with van der Waals surface area (Å²) < 4.78 is 0. The summed E-state index contributed by atoms with van der Waals surface area (Å²) in [6.07, 6.45) is 3.83. The van der Waals surface area contributed by atoms with Crippen LogP contribution in [0.2, 0.25) is 0 Å². The third kappa shape index (κ3) is 2.27. The third-order valence-corrected chi connectivity index (χ3v) is 2.75. The van der Waals surface area contributed by atoms with Gasteiger partial charge in [0.25, 0.3) is 0 Å². The van der Waals surface area contributed by atoms with Gasteiger partial charge in [0.1, 0.15) is 0 Å². The first-order valence-corrected chi connectivity index (χ1v) is 5.14. The van der Waals surface area contributed by atoms with Gasteiger partial charge in [0, 0.05) is 12.4 Å². The summed E-state index contributed by atoms with van der Waals surface area (Å²) in [6, 6.07) is 6.32. The molecule has 0 radical (unpaired) electrons. The molecule has 2 rings (SSSR count). The maximum absolute atomic E-state index is 10.5. The van der Waals surface area contributed by atoms with Gasteiger partial charge >= 0.3 is 0 Å². The molecule has 0 spiro atoms. The maximum Gasteiger partial charge on any atom is 0.0454 e. The van der Waals surface area contributed by atoms with Crippen molar-refractivity contribution in [2.24, 2.45) is 0 Å². The van der Waals surface area contributed by atoms with E-state index in [-0.39, 0.29) is 6.42 Å². The Bertz CT molecular complexity index is 430. The Hall–Kier alpha value is -1.57. The molecule has 1 aliphatic rings. The number of fused-ring (bicyclic) bond motifs is 1. The largest absolute Gasteiger partial charge is 0.550 e. The van der Waals surface area contributed by atoms with Crippen LogP contribution in [0.25, 0.3) is 6.08 Å². The van der Waals surface area contributed by atoms with E-state index in [1.165, 1.54) is 11.1 Å². The van der Waals surface area contributed by atoms with Crippen LogP contribution in [0.4, 0.5) is 0 Å². The number of rotatable bonds is 2. The SMILES string of the molecule is Cc1ccc2c(c1)C=C(CC(=O)[O-])CC2. The molecule has 0 amide bonds. The quantitative estimate of drug-likeness (QED) is 0.726. The molecule has 1 aromatic rings. The van der Waals surface area contributed by atoms with E-state index in [9.17, 15) is 9.90 Å². The maximum atomic E-state index is 10.5. The molecule has 0 unspecified atom stereocenters. The Kier molecular flexibility index (Phi) is 2.58. The highest BCUT2D eigenvalue weighted by molar-refractivity contribution is 5.72. The molecule has 15 heavy (non-hydrogen) atoms. The van der Waals surface area contributed by atoms with E-state index in [0.717, 1.165) is 24.0 Å². The second-order valence-corrected chi connectivity index (χ2v) is 4.05. The van der Waals surface area contributed by atoms with Crippen molar-refractivity contribution in [2.45, 2.75) is 26.2 Å². The molecule has 0 heterocycles. The number of aryl methyl sites for hydroxylation is 2. The van der Waals surface area contributed by atoms with Gasteiger partial charge in [-0.3, -0.25) is 0 Å². The Morgan fingerprint density at radius 3 is 2.93 bits per heavy atom. The number of hydrogen-bond acceptors (Lipinski definition) is 2. The monoisotopic (exact) mass is 201 g/mol. The average molecular weight is 201 g/mol. The lowest BCUT2D eigenvalue weighted by Gasteiger charge is -2.17. The Balaban J connectivity index is 2.31. The summed E-state index contributed by atoms with van der Waals surface area (Å²) in [7, 11) is 0. The molecule has 78 valence electrons. The minimum absolute atomic E-state index is 0.0629. The van der Waals surface area contributed by atoms with E-state index in [4.69, 9.17) is 0 Å². The summed E-state index contributed by atoms with van der Waals surface area (Å²) in [5.74, 6) is -0.989. The Labute approximate surface area is 89.2 Å². The van der Waals surface area contributed by atoms with Crippen LogP contribution in [0.1, 0.15) is 29.5 Å². The molecule has 0 aliphatic heterocycles. The summed E-state index contributed by atoms with van der Waals surface area (Å²) >= 11 is 0. The van der Waals surface area contributed by atoms with E-state index in [1.54, 1.807) is 0 Å². The molecule has 0 bridgehead atoms. The standard InChI is InChI=1S/C13H14O2/c1-9-2-4-11-5-3-10(8-13(14)15)7-12(11)6-9/h2,4,6-7H,3,5,8H2,1H3,(H,14,15)/p-1. The van der Waals surface area contributed by atoms with Crippen molar-refractivity contribution >= 4 is 12.0 Å². The zero-order chi connectivity index (χ0) is 10.8. The van der Waals surface area contributed by atoms with Crippen LogP contribution in [0.15, 0.2) is 23.8 Å². The van der Waals surface area contributed by atoms with Crippen LogP contribution in [0.5, 0.6) is 0 Å². The molecule has 0 aromatic heterocycles. The van der Waals surface area contributed by atoms with Gasteiger partial charge in [-0.05, 0) is 30.9 Å². The first-order valence-electron chi connectivity index (χ1n) is 5.14. The molecule has 0 N–H and O–H groups in total. The van der Waals surface area contributed by atoms with Crippen LogP contribution in [0.3, 0.4) is 0 Å². The Morgan fingerprint density at radius 1 is 1.40 bits per heavy atom. The lowest BCUT2D eigenvalue weighted by Crippen LogP contribution is -2.22. The van der Waals surface area contributed by atoms with Crippen LogP contribution < -0.4 is 5.11 Å². The summed E-state index contributed by atoms with van der Waals surface area (Å²) in [5, 5.41) is 10.5. The van der Waals surface area contributed by atoms with E-state index in [1.807, 2.05) is 13.0 Å². The van der Waals surface area contributed by atoms with Gasteiger partial charge in [-0.2, -0.15) is 0 Å². The first kappa shape index (κ1) is 9.97. The van der Waals surface area contributed by atoms with Crippen molar-refractivity contribution in [1.29, 1.82) is 0 Å². The predicted octanol–water partition coefficient (Wildman–Crippen LogP) is 1.46. The molecule has 1 aliphatic carbocycles. The second-order valence-electron chi connectivity index (χ2n) is 4.05. The van der Waals surface area contributed by atoms with Gasteiger partial charge in [-0.25, -0.2) is 0 Å². The molecular formula is C13H13O2-. The van der Waals surface area contributed by atoms with Gasteiger partial charge in [0.2, 0.25) is 0 Å². The molecule has 1 aromatic carbocycles. The van der Waals surface area contributed by atoms with Gasteiger partial charge in [0.15, 0.2) is 0 Å². The first-order chi connectivity index (χ1) is 7.15.